The van der Waals surface area contributed by atoms with Crippen molar-refractivity contribution in [2.75, 3.05) is 0 Å². The summed E-state index contributed by atoms with van der Waals surface area (Å²) in [5.74, 6) is 0. The van der Waals surface area contributed by atoms with Gasteiger partial charge in [-0.25, -0.2) is 13.4 Å². The van der Waals surface area contributed by atoms with Gasteiger partial charge >= 0.3 is 0 Å². The standard InChI is InChI=1S/C8H12ClNO2S/c1-8(2,3)4-7-10-5-6(9)13(7,11)12/h5H,4H2,1-3H3. The summed E-state index contributed by atoms with van der Waals surface area (Å²) in [5.41, 5.74) is -0.0960. The maximum atomic E-state index is 11.4. The first-order valence-corrected chi connectivity index (χ1v) is 5.77. The van der Waals surface area contributed by atoms with Crippen molar-refractivity contribution in [3.05, 3.63) is 10.6 Å². The molecule has 0 saturated heterocycles. The van der Waals surface area contributed by atoms with Crippen molar-refractivity contribution in [1.29, 1.82) is 0 Å². The molecule has 0 spiro atoms. The largest absolute Gasteiger partial charge is 0.246 e. The zero-order chi connectivity index (χ0) is 10.3. The Morgan fingerprint density at radius 1 is 1.46 bits per heavy atom. The second kappa shape index (κ2) is 3.10. The molecule has 0 saturated carbocycles. The fraction of sp³-hybridized carbons (Fsp3) is 0.625. The second-order valence-electron chi connectivity index (χ2n) is 4.20. The molecule has 0 aromatic rings. The number of sulfone groups is 1. The van der Waals surface area contributed by atoms with E-state index in [1.807, 2.05) is 20.8 Å². The molecule has 0 aromatic carbocycles. The van der Waals surface area contributed by atoms with Gasteiger partial charge in [0.1, 0.15) is 5.04 Å². The van der Waals surface area contributed by atoms with Gasteiger partial charge in [-0.05, 0) is 5.41 Å². The van der Waals surface area contributed by atoms with E-state index in [-0.39, 0.29) is 14.8 Å². The average molecular weight is 222 g/mol. The van der Waals surface area contributed by atoms with Crippen molar-refractivity contribution in [1.82, 2.24) is 0 Å². The fourth-order valence-corrected chi connectivity index (χ4v) is 2.52. The minimum absolute atomic E-state index is 0.0960. The summed E-state index contributed by atoms with van der Waals surface area (Å²) in [5, 5.41) is 0.171. The molecule has 0 fully saturated rings. The third-order valence-corrected chi connectivity index (χ3v) is 3.75. The van der Waals surface area contributed by atoms with Crippen LogP contribution in [0.4, 0.5) is 0 Å². The quantitative estimate of drug-likeness (QED) is 0.682. The Labute approximate surface area is 83.4 Å². The molecule has 1 aliphatic rings. The maximum Gasteiger partial charge on any atom is 0.232 e. The highest BCUT2D eigenvalue weighted by Gasteiger charge is 2.31. The van der Waals surface area contributed by atoms with Crippen LogP contribution in [0.25, 0.3) is 0 Å². The molecular formula is C8H12ClNO2S. The molecule has 3 nitrogen and oxygen atoms in total. The number of nitrogens with zero attached hydrogens (tertiary/aromatic N) is 1. The van der Waals surface area contributed by atoms with Gasteiger partial charge in [-0.3, -0.25) is 0 Å². The van der Waals surface area contributed by atoms with E-state index in [1.54, 1.807) is 0 Å². The van der Waals surface area contributed by atoms with Gasteiger partial charge < -0.3 is 0 Å². The van der Waals surface area contributed by atoms with E-state index < -0.39 is 9.84 Å². The summed E-state index contributed by atoms with van der Waals surface area (Å²) < 4.78 is 22.7. The lowest BCUT2D eigenvalue weighted by molar-refractivity contribution is 0.435. The van der Waals surface area contributed by atoms with Crippen molar-refractivity contribution in [3.8, 4) is 0 Å². The Hall–Kier alpha value is -0.350. The van der Waals surface area contributed by atoms with Crippen LogP contribution in [0.3, 0.4) is 0 Å². The normalized spacial score (nSPS) is 21.2. The van der Waals surface area contributed by atoms with E-state index in [0.717, 1.165) is 0 Å². The first-order valence-electron chi connectivity index (χ1n) is 3.91. The van der Waals surface area contributed by atoms with Crippen molar-refractivity contribution in [2.45, 2.75) is 27.2 Å². The predicted octanol–water partition coefficient (Wildman–Crippen LogP) is 2.29. The molecule has 0 aromatic heterocycles. The van der Waals surface area contributed by atoms with Crippen LogP contribution in [-0.4, -0.2) is 13.5 Å². The molecule has 0 aliphatic carbocycles. The third kappa shape index (κ3) is 2.31. The first kappa shape index (κ1) is 10.7. The Kier molecular flexibility index (Phi) is 2.56. The van der Waals surface area contributed by atoms with Gasteiger partial charge in [-0.15, -0.1) is 0 Å². The highest BCUT2D eigenvalue weighted by molar-refractivity contribution is 8.11. The molecule has 1 rings (SSSR count). The Bertz CT molecular complexity index is 373. The number of hydrogen-bond donors (Lipinski definition) is 0. The summed E-state index contributed by atoms with van der Waals surface area (Å²) >= 11 is 5.49. The smallest absolute Gasteiger partial charge is 0.232 e. The summed E-state index contributed by atoms with van der Waals surface area (Å²) in [7, 11) is -3.42. The van der Waals surface area contributed by atoms with Gasteiger partial charge in [-0.2, -0.15) is 0 Å². The number of hydrogen-bond acceptors (Lipinski definition) is 3. The Balaban J connectivity index is 2.91. The zero-order valence-corrected chi connectivity index (χ0v) is 9.41. The molecule has 0 amide bonds. The lowest BCUT2D eigenvalue weighted by Crippen LogP contribution is -2.18. The summed E-state index contributed by atoms with van der Waals surface area (Å²) in [6.07, 6.45) is 1.61. The van der Waals surface area contributed by atoms with Crippen molar-refractivity contribution in [2.24, 2.45) is 10.4 Å². The van der Waals surface area contributed by atoms with Crippen LogP contribution in [0.1, 0.15) is 27.2 Å². The average Bonchev–Trinajstić information content (AvgIpc) is 2.13. The van der Waals surface area contributed by atoms with Crippen molar-refractivity contribution >= 4 is 26.5 Å². The Morgan fingerprint density at radius 3 is 2.31 bits per heavy atom. The van der Waals surface area contributed by atoms with Gasteiger partial charge in [0.25, 0.3) is 0 Å². The highest BCUT2D eigenvalue weighted by Crippen LogP contribution is 2.28. The van der Waals surface area contributed by atoms with Crippen LogP contribution in [0, 0.1) is 5.41 Å². The van der Waals surface area contributed by atoms with Crippen LogP contribution < -0.4 is 0 Å². The molecule has 5 heteroatoms. The molecular weight excluding hydrogens is 210 g/mol. The predicted molar refractivity (Wildman–Crippen MR) is 54.4 cm³/mol. The van der Waals surface area contributed by atoms with Crippen LogP contribution in [0.15, 0.2) is 15.6 Å². The molecule has 0 atom stereocenters. The second-order valence-corrected chi connectivity index (χ2v) is 6.75. The Morgan fingerprint density at radius 2 is 2.00 bits per heavy atom. The van der Waals surface area contributed by atoms with Gasteiger partial charge in [0.15, 0.2) is 4.36 Å². The van der Waals surface area contributed by atoms with E-state index >= 15 is 0 Å². The number of aliphatic imine (C=N–C) groups is 1. The molecule has 1 aliphatic heterocycles. The van der Waals surface area contributed by atoms with Gasteiger partial charge in [-0.1, -0.05) is 32.4 Å². The van der Waals surface area contributed by atoms with Gasteiger partial charge in [0, 0.05) is 6.42 Å². The molecule has 0 unspecified atom stereocenters. The van der Waals surface area contributed by atoms with Crippen molar-refractivity contribution in [3.63, 3.8) is 0 Å². The first-order chi connectivity index (χ1) is 5.73. The lowest BCUT2D eigenvalue weighted by atomic mass is 9.93. The van der Waals surface area contributed by atoms with Gasteiger partial charge in [0.05, 0.1) is 6.20 Å². The monoisotopic (exact) mass is 221 g/mol. The molecule has 0 radical (unpaired) electrons. The third-order valence-electron chi connectivity index (χ3n) is 1.56. The van der Waals surface area contributed by atoms with Crippen LogP contribution in [0.2, 0.25) is 0 Å². The van der Waals surface area contributed by atoms with E-state index in [1.165, 1.54) is 6.20 Å². The molecule has 0 N–H and O–H groups in total. The lowest BCUT2D eigenvalue weighted by Gasteiger charge is -2.17. The molecule has 0 bridgehead atoms. The van der Waals surface area contributed by atoms with E-state index in [9.17, 15) is 8.42 Å². The summed E-state index contributed by atoms with van der Waals surface area (Å²) in [6.45, 7) is 5.87. The molecule has 1 heterocycles. The highest BCUT2D eigenvalue weighted by atomic mass is 35.5. The van der Waals surface area contributed by atoms with Crippen LogP contribution >= 0.6 is 11.6 Å². The fourth-order valence-electron chi connectivity index (χ4n) is 0.968. The zero-order valence-electron chi connectivity index (χ0n) is 7.83. The van der Waals surface area contributed by atoms with Crippen molar-refractivity contribution < 1.29 is 8.42 Å². The maximum absolute atomic E-state index is 11.4. The number of rotatable bonds is 1. The molecule has 13 heavy (non-hydrogen) atoms. The SMILES string of the molecule is CC(C)(C)CC1=NC=C(Cl)S1(=O)=O. The summed E-state index contributed by atoms with van der Waals surface area (Å²) in [4.78, 5) is 3.79. The van der Waals surface area contributed by atoms with Gasteiger partial charge in [0.2, 0.25) is 9.84 Å². The van der Waals surface area contributed by atoms with E-state index in [0.29, 0.717) is 6.42 Å². The molecule has 74 valence electrons. The van der Waals surface area contributed by atoms with Crippen LogP contribution in [0.5, 0.6) is 0 Å². The topological polar surface area (TPSA) is 46.5 Å². The van der Waals surface area contributed by atoms with Crippen LogP contribution in [-0.2, 0) is 9.84 Å². The van der Waals surface area contributed by atoms with E-state index in [4.69, 9.17) is 11.6 Å². The summed E-state index contributed by atoms with van der Waals surface area (Å²) in [6, 6.07) is 0. The minimum Gasteiger partial charge on any atom is -0.246 e. The number of halogens is 1. The van der Waals surface area contributed by atoms with E-state index in [2.05, 4.69) is 4.99 Å². The minimum atomic E-state index is -3.42.